The van der Waals surface area contributed by atoms with Gasteiger partial charge in [0.05, 0.1) is 23.5 Å². The number of nitrogens with zero attached hydrogens (tertiary/aromatic N) is 1. The molecule has 0 aliphatic heterocycles. The number of nitrogens with one attached hydrogen (secondary N) is 2. The Hall–Kier alpha value is -2.95. The molecule has 0 saturated heterocycles. The number of carbonyl (C=O) groups is 1. The van der Waals surface area contributed by atoms with Crippen LogP contribution in [0.15, 0.2) is 59.4 Å². The zero-order valence-corrected chi connectivity index (χ0v) is 13.5. The number of rotatable bonds is 5. The molecule has 0 radical (unpaired) electrons. The normalized spacial score (nSPS) is 12.0. The number of fused-ring (bicyclic) bond motifs is 1. The second-order valence-electron chi connectivity index (χ2n) is 5.63. The van der Waals surface area contributed by atoms with Crippen LogP contribution >= 0.6 is 0 Å². The Labute approximate surface area is 139 Å². The Balaban J connectivity index is 1.79. The second-order valence-corrected chi connectivity index (χ2v) is 5.63. The van der Waals surface area contributed by atoms with Gasteiger partial charge in [0.2, 0.25) is 5.91 Å². The van der Waals surface area contributed by atoms with Crippen LogP contribution in [0.4, 0.5) is 0 Å². The van der Waals surface area contributed by atoms with Gasteiger partial charge in [-0.1, -0.05) is 55.5 Å². The van der Waals surface area contributed by atoms with Gasteiger partial charge in [0, 0.05) is 5.39 Å². The number of aromatic nitrogens is 2. The molecular weight excluding hydrogens is 302 g/mol. The molecule has 3 aromatic rings. The van der Waals surface area contributed by atoms with E-state index in [4.69, 9.17) is 0 Å². The summed E-state index contributed by atoms with van der Waals surface area (Å²) in [7, 11) is 0. The first-order valence-corrected chi connectivity index (χ1v) is 7.99. The van der Waals surface area contributed by atoms with Gasteiger partial charge in [0.1, 0.15) is 0 Å². The smallest absolute Gasteiger partial charge is 0.272 e. The average molecular weight is 321 g/mol. The van der Waals surface area contributed by atoms with Gasteiger partial charge in [0.25, 0.3) is 5.56 Å². The number of aromatic amines is 1. The maximum absolute atomic E-state index is 12.5. The van der Waals surface area contributed by atoms with Gasteiger partial charge in [-0.25, -0.2) is 5.10 Å². The number of hydrogen-bond acceptors (Lipinski definition) is 3. The lowest BCUT2D eigenvalue weighted by Crippen LogP contribution is -2.29. The molecule has 0 aliphatic carbocycles. The fraction of sp³-hybridized carbons (Fsp3) is 0.211. The third-order valence-electron chi connectivity index (χ3n) is 4.13. The lowest BCUT2D eigenvalue weighted by molar-refractivity contribution is -0.122. The van der Waals surface area contributed by atoms with Crippen LogP contribution in [0, 0.1) is 0 Å². The highest BCUT2D eigenvalue weighted by atomic mass is 16.2. The summed E-state index contributed by atoms with van der Waals surface area (Å²) in [5.41, 5.74) is 1.43. The Morgan fingerprint density at radius 2 is 1.75 bits per heavy atom. The van der Waals surface area contributed by atoms with E-state index < -0.39 is 0 Å². The molecule has 2 aromatic carbocycles. The van der Waals surface area contributed by atoms with E-state index in [1.807, 2.05) is 55.5 Å². The first-order chi connectivity index (χ1) is 11.7. The zero-order chi connectivity index (χ0) is 16.9. The Morgan fingerprint density at radius 1 is 1.08 bits per heavy atom. The maximum Gasteiger partial charge on any atom is 0.272 e. The second kappa shape index (κ2) is 7.08. The largest absolute Gasteiger partial charge is 0.350 e. The summed E-state index contributed by atoms with van der Waals surface area (Å²) in [6, 6.07) is 17.0. The van der Waals surface area contributed by atoms with E-state index in [0.717, 1.165) is 17.4 Å². The van der Waals surface area contributed by atoms with Crippen molar-refractivity contribution in [1.29, 1.82) is 0 Å². The van der Waals surface area contributed by atoms with E-state index in [1.54, 1.807) is 6.07 Å². The molecule has 122 valence electrons. The third-order valence-corrected chi connectivity index (χ3v) is 4.13. The highest BCUT2D eigenvalue weighted by Crippen LogP contribution is 2.19. The van der Waals surface area contributed by atoms with Crippen LogP contribution in [0.3, 0.4) is 0 Å². The molecule has 0 spiro atoms. The topological polar surface area (TPSA) is 74.8 Å². The predicted octanol–water partition coefficient (Wildman–Crippen LogP) is 2.73. The first kappa shape index (κ1) is 15.9. The van der Waals surface area contributed by atoms with Gasteiger partial charge < -0.3 is 5.32 Å². The van der Waals surface area contributed by atoms with Gasteiger partial charge in [-0.3, -0.25) is 9.59 Å². The Kier molecular flexibility index (Phi) is 4.70. The summed E-state index contributed by atoms with van der Waals surface area (Å²) in [6.07, 6.45) is 0.718. The fourth-order valence-electron chi connectivity index (χ4n) is 2.86. The van der Waals surface area contributed by atoms with Crippen molar-refractivity contribution in [1.82, 2.24) is 15.5 Å². The van der Waals surface area contributed by atoms with Gasteiger partial charge in [-0.2, -0.15) is 5.10 Å². The minimum atomic E-state index is -0.226. The van der Waals surface area contributed by atoms with E-state index in [0.29, 0.717) is 11.1 Å². The molecular formula is C19H19N3O2. The van der Waals surface area contributed by atoms with Crippen LogP contribution < -0.4 is 10.9 Å². The van der Waals surface area contributed by atoms with Crippen molar-refractivity contribution in [2.45, 2.75) is 25.8 Å². The van der Waals surface area contributed by atoms with Crippen LogP contribution in [0.25, 0.3) is 10.8 Å². The average Bonchev–Trinajstić information content (AvgIpc) is 2.63. The van der Waals surface area contributed by atoms with Gasteiger partial charge >= 0.3 is 0 Å². The molecule has 1 heterocycles. The van der Waals surface area contributed by atoms with Crippen LogP contribution in [0.1, 0.15) is 30.5 Å². The molecule has 0 unspecified atom stereocenters. The van der Waals surface area contributed by atoms with E-state index >= 15 is 0 Å². The standard InChI is InChI=1S/C19H19N3O2/c1-2-14(13-8-4-3-5-9-13)18(23)20-12-17-15-10-6-7-11-16(15)19(24)22-21-17/h3-11,14H,2,12H2,1H3,(H,20,23)(H,22,24)/t14-/m1/s1. The van der Waals surface area contributed by atoms with Crippen LogP contribution in [-0.4, -0.2) is 16.1 Å². The highest BCUT2D eigenvalue weighted by molar-refractivity contribution is 5.85. The summed E-state index contributed by atoms with van der Waals surface area (Å²) in [5.74, 6) is -0.235. The molecule has 2 N–H and O–H groups in total. The Bertz CT molecular complexity index is 903. The number of H-pyrrole nitrogens is 1. The van der Waals surface area contributed by atoms with Crippen molar-refractivity contribution in [2.75, 3.05) is 0 Å². The van der Waals surface area contributed by atoms with Crippen molar-refractivity contribution in [3.05, 3.63) is 76.2 Å². The lowest BCUT2D eigenvalue weighted by Gasteiger charge is -2.15. The molecule has 1 amide bonds. The summed E-state index contributed by atoms with van der Waals surface area (Å²) in [5, 5.41) is 10.8. The predicted molar refractivity (Wildman–Crippen MR) is 93.7 cm³/mol. The molecule has 3 rings (SSSR count). The lowest BCUT2D eigenvalue weighted by atomic mass is 9.95. The molecule has 1 atom stereocenters. The molecule has 0 bridgehead atoms. The summed E-state index contributed by atoms with van der Waals surface area (Å²) in [4.78, 5) is 24.3. The molecule has 5 nitrogen and oxygen atoms in total. The molecule has 1 aromatic heterocycles. The third kappa shape index (κ3) is 3.20. The zero-order valence-electron chi connectivity index (χ0n) is 13.5. The van der Waals surface area contributed by atoms with Crippen LogP contribution in [-0.2, 0) is 11.3 Å². The number of carbonyl (C=O) groups excluding carboxylic acids is 1. The van der Waals surface area contributed by atoms with Crippen LogP contribution in [0.5, 0.6) is 0 Å². The van der Waals surface area contributed by atoms with E-state index in [-0.39, 0.29) is 23.9 Å². The molecule has 24 heavy (non-hydrogen) atoms. The van der Waals surface area contributed by atoms with Crippen molar-refractivity contribution in [3.8, 4) is 0 Å². The van der Waals surface area contributed by atoms with E-state index in [2.05, 4.69) is 15.5 Å². The van der Waals surface area contributed by atoms with Crippen molar-refractivity contribution in [3.63, 3.8) is 0 Å². The monoisotopic (exact) mass is 321 g/mol. The Morgan fingerprint density at radius 3 is 2.46 bits per heavy atom. The summed E-state index contributed by atoms with van der Waals surface area (Å²) < 4.78 is 0. The van der Waals surface area contributed by atoms with Gasteiger partial charge in [0.15, 0.2) is 0 Å². The van der Waals surface area contributed by atoms with Gasteiger partial charge in [-0.15, -0.1) is 0 Å². The molecule has 5 heteroatoms. The highest BCUT2D eigenvalue weighted by Gasteiger charge is 2.18. The molecule has 0 fully saturated rings. The molecule has 0 aliphatic rings. The number of amides is 1. The number of hydrogen-bond donors (Lipinski definition) is 2. The molecule has 0 saturated carbocycles. The first-order valence-electron chi connectivity index (χ1n) is 7.99. The van der Waals surface area contributed by atoms with Crippen LogP contribution in [0.2, 0.25) is 0 Å². The minimum Gasteiger partial charge on any atom is -0.350 e. The van der Waals surface area contributed by atoms with E-state index in [1.165, 1.54) is 0 Å². The number of benzene rings is 2. The quantitative estimate of drug-likeness (QED) is 0.759. The van der Waals surface area contributed by atoms with E-state index in [9.17, 15) is 9.59 Å². The van der Waals surface area contributed by atoms with Crippen molar-refractivity contribution < 1.29 is 4.79 Å². The van der Waals surface area contributed by atoms with Gasteiger partial charge in [-0.05, 0) is 18.1 Å². The minimum absolute atomic E-state index is 0.0409. The van der Waals surface area contributed by atoms with Crippen molar-refractivity contribution >= 4 is 16.7 Å². The fourth-order valence-corrected chi connectivity index (χ4v) is 2.86. The maximum atomic E-state index is 12.5. The summed E-state index contributed by atoms with van der Waals surface area (Å²) >= 11 is 0. The summed E-state index contributed by atoms with van der Waals surface area (Å²) in [6.45, 7) is 2.27. The SMILES string of the molecule is CC[C@@H](C(=O)NCc1n[nH]c(=O)c2ccccc12)c1ccccc1. The van der Waals surface area contributed by atoms with Crippen molar-refractivity contribution in [2.24, 2.45) is 0 Å².